The summed E-state index contributed by atoms with van der Waals surface area (Å²) in [6.07, 6.45) is 2.45. The lowest BCUT2D eigenvalue weighted by molar-refractivity contribution is -0.122. The van der Waals surface area contributed by atoms with E-state index in [0.717, 1.165) is 17.7 Å². The molecule has 1 aliphatic rings. The van der Waals surface area contributed by atoms with Gasteiger partial charge in [0.05, 0.1) is 5.92 Å². The maximum atomic E-state index is 12.4. The lowest BCUT2D eigenvalue weighted by Crippen LogP contribution is -2.39. The van der Waals surface area contributed by atoms with Gasteiger partial charge in [0.15, 0.2) is 0 Å². The van der Waals surface area contributed by atoms with Gasteiger partial charge in [-0.1, -0.05) is 18.2 Å². The van der Waals surface area contributed by atoms with E-state index in [2.05, 4.69) is 17.6 Å². The van der Waals surface area contributed by atoms with Crippen LogP contribution in [0.25, 0.3) is 0 Å². The second-order valence-corrected chi connectivity index (χ2v) is 7.28. The number of hydrogen-bond acceptors (Lipinski definition) is 3. The largest absolute Gasteiger partial charge is 0.382 e. The first-order valence-electron chi connectivity index (χ1n) is 6.94. The van der Waals surface area contributed by atoms with Crippen molar-refractivity contribution in [2.75, 3.05) is 18.1 Å². The summed E-state index contributed by atoms with van der Waals surface area (Å²) < 4.78 is 11.3. The zero-order chi connectivity index (χ0) is 14.7. The molecule has 0 radical (unpaired) electrons. The minimum Gasteiger partial charge on any atom is -0.382 e. The van der Waals surface area contributed by atoms with Crippen LogP contribution in [0.4, 0.5) is 5.69 Å². The number of amides is 1. The van der Waals surface area contributed by atoms with Crippen LogP contribution in [0.1, 0.15) is 31.7 Å². The second kappa shape index (κ2) is 6.39. The molecule has 1 amide bonds. The van der Waals surface area contributed by atoms with Gasteiger partial charge in [-0.2, -0.15) is 0 Å². The van der Waals surface area contributed by atoms with Crippen LogP contribution < -0.4 is 10.6 Å². The highest BCUT2D eigenvalue weighted by molar-refractivity contribution is 7.84. The zero-order valence-electron chi connectivity index (χ0n) is 12.2. The van der Waals surface area contributed by atoms with Crippen molar-refractivity contribution in [1.82, 2.24) is 5.32 Å². The molecule has 4 nitrogen and oxygen atoms in total. The Morgan fingerprint density at radius 3 is 2.90 bits per heavy atom. The Morgan fingerprint density at radius 2 is 2.20 bits per heavy atom. The van der Waals surface area contributed by atoms with Crippen molar-refractivity contribution < 1.29 is 9.00 Å². The van der Waals surface area contributed by atoms with E-state index in [1.54, 1.807) is 6.26 Å². The monoisotopic (exact) mass is 294 g/mol. The minimum atomic E-state index is -0.911. The molecule has 0 saturated carbocycles. The van der Waals surface area contributed by atoms with Crippen molar-refractivity contribution in [2.24, 2.45) is 0 Å². The van der Waals surface area contributed by atoms with Gasteiger partial charge in [0.25, 0.3) is 0 Å². The van der Waals surface area contributed by atoms with Gasteiger partial charge in [-0.05, 0) is 31.9 Å². The number of nitrogens with one attached hydrogen (secondary N) is 2. The fraction of sp³-hybridized carbons (Fsp3) is 0.533. The molecule has 0 spiro atoms. The summed E-state index contributed by atoms with van der Waals surface area (Å²) >= 11 is 0. The molecule has 20 heavy (non-hydrogen) atoms. The molecule has 0 bridgehead atoms. The van der Waals surface area contributed by atoms with E-state index in [9.17, 15) is 9.00 Å². The molecule has 0 saturated heterocycles. The number of anilines is 1. The third-order valence-corrected chi connectivity index (χ3v) is 5.07. The molecule has 0 fully saturated rings. The summed E-state index contributed by atoms with van der Waals surface area (Å²) in [6.45, 7) is 4.43. The molecule has 1 heterocycles. The average molecular weight is 294 g/mol. The van der Waals surface area contributed by atoms with Crippen LogP contribution >= 0.6 is 0 Å². The number of carbonyl (C=O) groups excluding carboxylic acids is 1. The molecule has 2 N–H and O–H groups in total. The Bertz CT molecular complexity index is 518. The number of para-hydroxylation sites is 1. The molecule has 4 unspecified atom stereocenters. The molecule has 1 aliphatic heterocycles. The van der Waals surface area contributed by atoms with Gasteiger partial charge < -0.3 is 10.6 Å². The average Bonchev–Trinajstić information content (AvgIpc) is 2.43. The number of rotatable bonds is 4. The summed E-state index contributed by atoms with van der Waals surface area (Å²) in [5, 5.41) is 6.31. The molecule has 0 aromatic heterocycles. The van der Waals surface area contributed by atoms with E-state index in [1.807, 2.05) is 31.2 Å². The number of carbonyl (C=O) groups is 1. The quantitative estimate of drug-likeness (QED) is 0.891. The molecule has 2 rings (SSSR count). The zero-order valence-corrected chi connectivity index (χ0v) is 13.0. The van der Waals surface area contributed by atoms with Gasteiger partial charge in [0.1, 0.15) is 0 Å². The summed E-state index contributed by atoms with van der Waals surface area (Å²) in [5.41, 5.74) is 2.09. The molecular weight excluding hydrogens is 272 g/mol. The van der Waals surface area contributed by atoms with Crippen LogP contribution in [0.3, 0.4) is 0 Å². The van der Waals surface area contributed by atoms with Gasteiger partial charge in [-0.25, -0.2) is 0 Å². The van der Waals surface area contributed by atoms with Crippen LogP contribution in [0.15, 0.2) is 24.3 Å². The predicted molar refractivity (Wildman–Crippen MR) is 83.4 cm³/mol. The SMILES string of the molecule is CC1CC(C(=O)NCC(C)S(C)=O)c2ccccc2N1. The predicted octanol–water partition coefficient (Wildman–Crippen LogP) is 1.86. The molecule has 1 aromatic rings. The lowest BCUT2D eigenvalue weighted by Gasteiger charge is -2.30. The highest BCUT2D eigenvalue weighted by Gasteiger charge is 2.29. The number of fused-ring (bicyclic) bond motifs is 1. The number of hydrogen-bond donors (Lipinski definition) is 2. The molecule has 4 atom stereocenters. The smallest absolute Gasteiger partial charge is 0.227 e. The van der Waals surface area contributed by atoms with Crippen molar-refractivity contribution in [1.29, 1.82) is 0 Å². The summed E-state index contributed by atoms with van der Waals surface area (Å²) in [7, 11) is -0.911. The van der Waals surface area contributed by atoms with E-state index in [0.29, 0.717) is 6.54 Å². The van der Waals surface area contributed by atoms with Crippen LogP contribution in [0.2, 0.25) is 0 Å². The standard InChI is InChI=1S/C15H22N2O2S/c1-10-8-13(12-6-4-5-7-14(12)17-10)15(18)16-9-11(2)20(3)19/h4-7,10-11,13,17H,8-9H2,1-3H3,(H,16,18). The first kappa shape index (κ1) is 15.0. The maximum Gasteiger partial charge on any atom is 0.227 e. The van der Waals surface area contributed by atoms with Gasteiger partial charge in [0.2, 0.25) is 5.91 Å². The van der Waals surface area contributed by atoms with Gasteiger partial charge in [-0.3, -0.25) is 9.00 Å². The molecular formula is C15H22N2O2S. The van der Waals surface area contributed by atoms with E-state index < -0.39 is 10.8 Å². The Kier molecular flexibility index (Phi) is 4.81. The first-order valence-corrected chi connectivity index (χ1v) is 8.56. The van der Waals surface area contributed by atoms with Crippen molar-refractivity contribution in [3.05, 3.63) is 29.8 Å². The third-order valence-electron chi connectivity index (χ3n) is 3.77. The highest BCUT2D eigenvalue weighted by Crippen LogP contribution is 2.34. The van der Waals surface area contributed by atoms with Gasteiger partial charge in [0, 0.05) is 40.6 Å². The fourth-order valence-electron chi connectivity index (χ4n) is 2.47. The van der Waals surface area contributed by atoms with Crippen molar-refractivity contribution in [3.63, 3.8) is 0 Å². The van der Waals surface area contributed by atoms with E-state index >= 15 is 0 Å². The van der Waals surface area contributed by atoms with Crippen molar-refractivity contribution in [2.45, 2.75) is 37.5 Å². The normalized spacial score (nSPS) is 24.1. The maximum absolute atomic E-state index is 12.4. The Labute approximate surface area is 122 Å². The topological polar surface area (TPSA) is 58.2 Å². The summed E-state index contributed by atoms with van der Waals surface area (Å²) in [6, 6.07) is 8.22. The molecule has 110 valence electrons. The van der Waals surface area contributed by atoms with E-state index in [4.69, 9.17) is 0 Å². The summed E-state index contributed by atoms with van der Waals surface area (Å²) in [5.74, 6) is -0.0944. The van der Waals surface area contributed by atoms with E-state index in [-0.39, 0.29) is 23.1 Å². The fourth-order valence-corrected chi connectivity index (χ4v) is 2.79. The minimum absolute atomic E-state index is 0.0201. The Balaban J connectivity index is 2.08. The van der Waals surface area contributed by atoms with Crippen molar-refractivity contribution >= 4 is 22.4 Å². The first-order chi connectivity index (χ1) is 9.49. The van der Waals surface area contributed by atoms with Crippen LogP contribution in [0.5, 0.6) is 0 Å². The van der Waals surface area contributed by atoms with Crippen LogP contribution in [-0.4, -0.2) is 34.2 Å². The van der Waals surface area contributed by atoms with Gasteiger partial charge in [-0.15, -0.1) is 0 Å². The Morgan fingerprint density at radius 1 is 1.50 bits per heavy atom. The van der Waals surface area contributed by atoms with Crippen LogP contribution in [-0.2, 0) is 15.6 Å². The van der Waals surface area contributed by atoms with Crippen LogP contribution in [0, 0.1) is 0 Å². The van der Waals surface area contributed by atoms with Gasteiger partial charge >= 0.3 is 0 Å². The second-order valence-electron chi connectivity index (χ2n) is 5.48. The summed E-state index contributed by atoms with van der Waals surface area (Å²) in [4.78, 5) is 12.4. The third kappa shape index (κ3) is 3.39. The van der Waals surface area contributed by atoms with E-state index in [1.165, 1.54) is 0 Å². The number of benzene rings is 1. The molecule has 0 aliphatic carbocycles. The molecule has 5 heteroatoms. The Hall–Kier alpha value is -1.36. The molecule has 1 aromatic carbocycles. The van der Waals surface area contributed by atoms with Crippen molar-refractivity contribution in [3.8, 4) is 0 Å². The highest BCUT2D eigenvalue weighted by atomic mass is 32.2. The lowest BCUT2D eigenvalue weighted by atomic mass is 9.87.